The third-order valence-electron chi connectivity index (χ3n) is 3.01. The third-order valence-corrected chi connectivity index (χ3v) is 3.01. The zero-order valence-corrected chi connectivity index (χ0v) is 12.5. The molecule has 116 valence electrons. The van der Waals surface area contributed by atoms with Crippen molar-refractivity contribution in [3.8, 4) is 0 Å². The van der Waals surface area contributed by atoms with Crippen molar-refractivity contribution in [3.05, 3.63) is 35.9 Å². The Kier molecular flexibility index (Phi) is 7.25. The monoisotopic (exact) mass is 293 g/mol. The molecule has 0 spiro atoms. The van der Waals surface area contributed by atoms with Gasteiger partial charge in [-0.15, -0.1) is 0 Å². The standard InChI is InChI=1S/C15H23N3O3/c1-18(2)10-6-9-16-15(21)17-13(14(19)20)11-12-7-4-3-5-8-12/h3-5,7-8,13H,6,9-11H2,1-2H3,(H,19,20)(H2,16,17,21)/t13-/m0/s1. The van der Waals surface area contributed by atoms with Gasteiger partial charge in [0, 0.05) is 13.0 Å². The predicted octanol–water partition coefficient (Wildman–Crippen LogP) is -1.82. The van der Waals surface area contributed by atoms with Crippen LogP contribution in [-0.2, 0) is 11.2 Å². The molecule has 3 N–H and O–H groups in total. The van der Waals surface area contributed by atoms with E-state index in [4.69, 9.17) is 0 Å². The molecule has 0 aliphatic rings. The van der Waals surface area contributed by atoms with Crippen LogP contribution < -0.4 is 20.6 Å². The molecule has 0 radical (unpaired) electrons. The summed E-state index contributed by atoms with van der Waals surface area (Å²) in [5.74, 6) is -1.29. The van der Waals surface area contributed by atoms with Crippen LogP contribution in [0.15, 0.2) is 30.3 Å². The second kappa shape index (κ2) is 8.97. The Labute approximate surface area is 125 Å². The van der Waals surface area contributed by atoms with E-state index in [9.17, 15) is 14.7 Å². The lowest BCUT2D eigenvalue weighted by Gasteiger charge is -2.20. The van der Waals surface area contributed by atoms with E-state index >= 15 is 0 Å². The number of aliphatic carboxylic acids is 1. The van der Waals surface area contributed by atoms with Gasteiger partial charge in [-0.05, 0) is 12.0 Å². The van der Waals surface area contributed by atoms with Gasteiger partial charge in [-0.25, -0.2) is 4.79 Å². The van der Waals surface area contributed by atoms with Gasteiger partial charge in [-0.3, -0.25) is 0 Å². The highest BCUT2D eigenvalue weighted by atomic mass is 16.4. The molecular weight excluding hydrogens is 270 g/mol. The Balaban J connectivity index is 2.40. The van der Waals surface area contributed by atoms with Crippen LogP contribution in [0.4, 0.5) is 4.79 Å². The van der Waals surface area contributed by atoms with Crippen LogP contribution in [-0.4, -0.2) is 45.2 Å². The number of nitrogens with one attached hydrogen (secondary N) is 3. The molecule has 0 saturated carbocycles. The molecule has 0 saturated heterocycles. The summed E-state index contributed by atoms with van der Waals surface area (Å²) < 4.78 is 0. The topological polar surface area (TPSA) is 85.7 Å². The average Bonchev–Trinajstić information content (AvgIpc) is 2.44. The van der Waals surface area contributed by atoms with Gasteiger partial charge in [0.15, 0.2) is 0 Å². The Morgan fingerprint density at radius 3 is 2.48 bits per heavy atom. The minimum Gasteiger partial charge on any atom is -0.548 e. The fourth-order valence-electron chi connectivity index (χ4n) is 1.90. The number of hydrogen-bond acceptors (Lipinski definition) is 3. The smallest absolute Gasteiger partial charge is 0.315 e. The van der Waals surface area contributed by atoms with Crippen molar-refractivity contribution < 1.29 is 19.6 Å². The number of carbonyl (C=O) groups excluding carboxylic acids is 2. The van der Waals surface area contributed by atoms with Crippen LogP contribution in [0.2, 0.25) is 0 Å². The molecule has 0 aliphatic carbocycles. The molecule has 0 aliphatic heterocycles. The number of amides is 2. The fraction of sp³-hybridized carbons (Fsp3) is 0.467. The molecule has 0 fully saturated rings. The van der Waals surface area contributed by atoms with Gasteiger partial charge >= 0.3 is 6.03 Å². The molecule has 0 heterocycles. The summed E-state index contributed by atoms with van der Waals surface area (Å²) in [7, 11) is 4.07. The molecule has 6 heteroatoms. The summed E-state index contributed by atoms with van der Waals surface area (Å²) in [6.07, 6.45) is 1.04. The van der Waals surface area contributed by atoms with Gasteiger partial charge in [0.1, 0.15) is 0 Å². The maximum Gasteiger partial charge on any atom is 0.315 e. The van der Waals surface area contributed by atoms with E-state index in [-0.39, 0.29) is 6.42 Å². The Bertz CT molecular complexity index is 449. The molecule has 0 bridgehead atoms. The van der Waals surface area contributed by atoms with Crippen molar-refractivity contribution in [2.24, 2.45) is 0 Å². The van der Waals surface area contributed by atoms with Crippen molar-refractivity contribution in [2.45, 2.75) is 18.9 Å². The molecule has 0 unspecified atom stereocenters. The van der Waals surface area contributed by atoms with E-state index in [2.05, 4.69) is 10.6 Å². The maximum absolute atomic E-state index is 11.7. The highest BCUT2D eigenvalue weighted by molar-refractivity contribution is 5.81. The van der Waals surface area contributed by atoms with Gasteiger partial charge in [-0.2, -0.15) is 0 Å². The minimum atomic E-state index is -1.29. The van der Waals surface area contributed by atoms with Gasteiger partial charge in [0.2, 0.25) is 0 Å². The highest BCUT2D eigenvalue weighted by Crippen LogP contribution is 2.02. The van der Waals surface area contributed by atoms with E-state index in [0.29, 0.717) is 6.54 Å². The lowest BCUT2D eigenvalue weighted by atomic mass is 10.1. The number of benzene rings is 1. The molecule has 1 aromatic carbocycles. The first-order chi connectivity index (χ1) is 9.99. The normalized spacial score (nSPS) is 12.0. The Hall–Kier alpha value is -2.08. The number of carbonyl (C=O) groups is 2. The lowest BCUT2D eigenvalue weighted by molar-refractivity contribution is -0.858. The van der Waals surface area contributed by atoms with E-state index in [0.717, 1.165) is 18.5 Å². The number of quaternary nitrogens is 1. The van der Waals surface area contributed by atoms with Crippen LogP contribution in [0.25, 0.3) is 0 Å². The molecule has 21 heavy (non-hydrogen) atoms. The summed E-state index contributed by atoms with van der Waals surface area (Å²) in [5.41, 5.74) is 0.836. The molecule has 1 aromatic rings. The van der Waals surface area contributed by atoms with Crippen molar-refractivity contribution >= 4 is 12.0 Å². The van der Waals surface area contributed by atoms with Gasteiger partial charge < -0.3 is 25.4 Å². The van der Waals surface area contributed by atoms with Crippen LogP contribution >= 0.6 is 0 Å². The number of carboxylic acids is 1. The molecule has 2 amide bonds. The van der Waals surface area contributed by atoms with Crippen molar-refractivity contribution in [3.63, 3.8) is 0 Å². The first kappa shape index (κ1) is 17.0. The third kappa shape index (κ3) is 7.31. The minimum absolute atomic E-state index is 0.207. The second-order valence-corrected chi connectivity index (χ2v) is 5.27. The lowest BCUT2D eigenvalue weighted by Crippen LogP contribution is -3.05. The molecule has 1 rings (SSSR count). The van der Waals surface area contributed by atoms with Crippen molar-refractivity contribution in [1.29, 1.82) is 0 Å². The van der Waals surface area contributed by atoms with Crippen LogP contribution in [0.1, 0.15) is 12.0 Å². The van der Waals surface area contributed by atoms with Gasteiger partial charge in [0.25, 0.3) is 0 Å². The predicted molar refractivity (Wildman–Crippen MR) is 77.8 cm³/mol. The Morgan fingerprint density at radius 1 is 1.24 bits per heavy atom. The van der Waals surface area contributed by atoms with Crippen molar-refractivity contribution in [2.75, 3.05) is 27.2 Å². The average molecular weight is 293 g/mol. The first-order valence-corrected chi connectivity index (χ1v) is 7.07. The van der Waals surface area contributed by atoms with E-state index in [1.54, 1.807) is 0 Å². The molecule has 1 atom stereocenters. The summed E-state index contributed by atoms with van der Waals surface area (Å²) in [6.45, 7) is 1.45. The number of carboxylic acid groups (broad SMARTS) is 1. The summed E-state index contributed by atoms with van der Waals surface area (Å²) in [4.78, 5) is 24.1. The number of urea groups is 1. The van der Waals surface area contributed by atoms with Gasteiger partial charge in [0.05, 0.1) is 32.7 Å². The number of hydrogen-bond donors (Lipinski definition) is 3. The van der Waals surface area contributed by atoms with E-state index in [1.165, 1.54) is 4.90 Å². The molecule has 6 nitrogen and oxygen atoms in total. The molecule has 0 aromatic heterocycles. The fourth-order valence-corrected chi connectivity index (χ4v) is 1.90. The Morgan fingerprint density at radius 2 is 1.90 bits per heavy atom. The maximum atomic E-state index is 11.7. The van der Waals surface area contributed by atoms with E-state index in [1.807, 2.05) is 44.4 Å². The zero-order valence-electron chi connectivity index (χ0n) is 12.5. The van der Waals surface area contributed by atoms with Crippen molar-refractivity contribution in [1.82, 2.24) is 10.6 Å². The summed E-state index contributed by atoms with van der Waals surface area (Å²) in [5, 5.41) is 16.2. The first-order valence-electron chi connectivity index (χ1n) is 7.07. The highest BCUT2D eigenvalue weighted by Gasteiger charge is 2.13. The SMILES string of the molecule is C[NH+](C)CCCNC(=O)N[C@@H](Cc1ccccc1)C(=O)[O-]. The van der Waals surface area contributed by atoms with E-state index < -0.39 is 18.0 Å². The number of rotatable bonds is 8. The van der Waals surface area contributed by atoms with Crippen LogP contribution in [0.3, 0.4) is 0 Å². The van der Waals surface area contributed by atoms with Crippen LogP contribution in [0.5, 0.6) is 0 Å². The van der Waals surface area contributed by atoms with Gasteiger partial charge in [-0.1, -0.05) is 30.3 Å². The quantitative estimate of drug-likeness (QED) is 0.493. The zero-order chi connectivity index (χ0) is 15.7. The van der Waals surface area contributed by atoms with Crippen LogP contribution in [0, 0.1) is 0 Å². The second-order valence-electron chi connectivity index (χ2n) is 5.27. The largest absolute Gasteiger partial charge is 0.548 e. The summed E-state index contributed by atoms with van der Waals surface area (Å²) in [6, 6.07) is 7.62. The molecular formula is C15H23N3O3. The summed E-state index contributed by atoms with van der Waals surface area (Å²) >= 11 is 0.